The predicted octanol–water partition coefficient (Wildman–Crippen LogP) is 3.38. The molecule has 0 saturated heterocycles. The highest BCUT2D eigenvalue weighted by Gasteiger charge is 2.58. The van der Waals surface area contributed by atoms with Crippen LogP contribution in [0, 0.1) is 16.7 Å². The standard InChI is InChI=1S/C16H29NO/c1-12(2)11-18-9-8-17-14-15(3,4)13-6-7-16(14,5)10-13/h13-14,17H,1,6-11H2,2-5H3. The van der Waals surface area contributed by atoms with Gasteiger partial charge in [-0.3, -0.25) is 0 Å². The van der Waals surface area contributed by atoms with Crippen molar-refractivity contribution in [3.05, 3.63) is 12.2 Å². The Bertz CT molecular complexity index is 318. The van der Waals surface area contributed by atoms with Gasteiger partial charge in [0.05, 0.1) is 13.2 Å². The number of nitrogens with one attached hydrogen (secondary N) is 1. The smallest absolute Gasteiger partial charge is 0.0672 e. The second kappa shape index (κ2) is 4.97. The first-order valence-electron chi connectivity index (χ1n) is 7.32. The SMILES string of the molecule is C=C(C)COCCNC1C2(C)CCC(C2)C1(C)C. The third-order valence-electron chi connectivity index (χ3n) is 5.21. The van der Waals surface area contributed by atoms with E-state index in [0.29, 0.717) is 23.5 Å². The van der Waals surface area contributed by atoms with Crippen LogP contribution in [0.15, 0.2) is 12.2 Å². The van der Waals surface area contributed by atoms with E-state index in [4.69, 9.17) is 4.74 Å². The van der Waals surface area contributed by atoms with Crippen LogP contribution in [0.1, 0.15) is 47.0 Å². The van der Waals surface area contributed by atoms with Gasteiger partial charge in [0, 0.05) is 12.6 Å². The minimum Gasteiger partial charge on any atom is -0.376 e. The lowest BCUT2D eigenvalue weighted by Crippen LogP contribution is -2.51. The highest BCUT2D eigenvalue weighted by molar-refractivity contribution is 5.11. The number of rotatable bonds is 6. The molecule has 2 bridgehead atoms. The summed E-state index contributed by atoms with van der Waals surface area (Å²) in [6.45, 7) is 15.6. The fraction of sp³-hybridized carbons (Fsp3) is 0.875. The molecule has 0 aromatic carbocycles. The van der Waals surface area contributed by atoms with Crippen LogP contribution in [0.3, 0.4) is 0 Å². The summed E-state index contributed by atoms with van der Waals surface area (Å²) in [5.74, 6) is 0.913. The molecule has 0 radical (unpaired) electrons. The molecule has 2 rings (SSSR count). The average Bonchev–Trinajstić information content (AvgIpc) is 2.72. The Morgan fingerprint density at radius 1 is 1.39 bits per heavy atom. The molecular formula is C16H29NO. The number of hydrogen-bond donors (Lipinski definition) is 1. The van der Waals surface area contributed by atoms with Crippen molar-refractivity contribution in [2.75, 3.05) is 19.8 Å². The Morgan fingerprint density at radius 3 is 2.67 bits per heavy atom. The molecule has 3 atom stereocenters. The first kappa shape index (κ1) is 14.1. The molecule has 0 heterocycles. The topological polar surface area (TPSA) is 21.3 Å². The third-order valence-corrected chi connectivity index (χ3v) is 5.21. The minimum atomic E-state index is 0.446. The van der Waals surface area contributed by atoms with Gasteiger partial charge in [-0.25, -0.2) is 0 Å². The number of hydrogen-bond acceptors (Lipinski definition) is 2. The van der Waals surface area contributed by atoms with Crippen LogP contribution in [0.2, 0.25) is 0 Å². The monoisotopic (exact) mass is 251 g/mol. The van der Waals surface area contributed by atoms with E-state index >= 15 is 0 Å². The van der Waals surface area contributed by atoms with E-state index in [-0.39, 0.29) is 0 Å². The Morgan fingerprint density at radius 2 is 2.11 bits per heavy atom. The summed E-state index contributed by atoms with van der Waals surface area (Å²) in [6, 6.07) is 0.650. The molecule has 0 aliphatic heterocycles. The summed E-state index contributed by atoms with van der Waals surface area (Å²) in [5, 5.41) is 3.76. The Labute approximate surface area is 112 Å². The van der Waals surface area contributed by atoms with Crippen molar-refractivity contribution in [1.82, 2.24) is 5.32 Å². The van der Waals surface area contributed by atoms with Gasteiger partial charge < -0.3 is 10.1 Å². The fourth-order valence-electron chi connectivity index (χ4n) is 4.33. The van der Waals surface area contributed by atoms with E-state index in [1.807, 2.05) is 6.92 Å². The zero-order chi connectivity index (χ0) is 13.4. The maximum atomic E-state index is 5.57. The van der Waals surface area contributed by atoms with Gasteiger partial charge in [-0.15, -0.1) is 0 Å². The normalized spacial score (nSPS) is 37.1. The van der Waals surface area contributed by atoms with E-state index in [2.05, 4.69) is 32.7 Å². The molecule has 2 aliphatic carbocycles. The van der Waals surface area contributed by atoms with Gasteiger partial charge in [-0.1, -0.05) is 32.9 Å². The van der Waals surface area contributed by atoms with E-state index in [9.17, 15) is 0 Å². The maximum Gasteiger partial charge on any atom is 0.0672 e. The number of ether oxygens (including phenoxy) is 1. The van der Waals surface area contributed by atoms with Gasteiger partial charge in [0.1, 0.15) is 0 Å². The highest BCUT2D eigenvalue weighted by atomic mass is 16.5. The van der Waals surface area contributed by atoms with Crippen LogP contribution in [0.4, 0.5) is 0 Å². The predicted molar refractivity (Wildman–Crippen MR) is 76.7 cm³/mol. The summed E-state index contributed by atoms with van der Waals surface area (Å²) < 4.78 is 5.57. The van der Waals surface area contributed by atoms with Gasteiger partial charge in [-0.05, 0) is 42.9 Å². The van der Waals surface area contributed by atoms with Gasteiger partial charge in [0.15, 0.2) is 0 Å². The molecule has 0 aromatic rings. The summed E-state index contributed by atoms with van der Waals surface area (Å²) in [5.41, 5.74) is 2.06. The molecule has 2 saturated carbocycles. The van der Waals surface area contributed by atoms with Crippen molar-refractivity contribution in [2.45, 2.75) is 53.0 Å². The summed E-state index contributed by atoms with van der Waals surface area (Å²) >= 11 is 0. The van der Waals surface area contributed by atoms with Gasteiger partial charge in [0.2, 0.25) is 0 Å². The van der Waals surface area contributed by atoms with Crippen LogP contribution in [-0.4, -0.2) is 25.8 Å². The minimum absolute atomic E-state index is 0.446. The lowest BCUT2D eigenvalue weighted by molar-refractivity contribution is 0.0927. The molecule has 0 spiro atoms. The fourth-order valence-corrected chi connectivity index (χ4v) is 4.33. The van der Waals surface area contributed by atoms with Crippen molar-refractivity contribution in [1.29, 1.82) is 0 Å². The van der Waals surface area contributed by atoms with E-state index in [1.54, 1.807) is 0 Å². The van der Waals surface area contributed by atoms with E-state index in [0.717, 1.165) is 24.6 Å². The summed E-state index contributed by atoms with van der Waals surface area (Å²) in [7, 11) is 0. The first-order valence-corrected chi connectivity index (χ1v) is 7.32. The molecule has 0 aromatic heterocycles. The van der Waals surface area contributed by atoms with Crippen molar-refractivity contribution < 1.29 is 4.74 Å². The lowest BCUT2D eigenvalue weighted by atomic mass is 9.68. The van der Waals surface area contributed by atoms with Gasteiger partial charge in [0.25, 0.3) is 0 Å². The zero-order valence-electron chi connectivity index (χ0n) is 12.5. The van der Waals surface area contributed by atoms with Crippen molar-refractivity contribution in [2.24, 2.45) is 16.7 Å². The quantitative estimate of drug-likeness (QED) is 0.577. The van der Waals surface area contributed by atoms with Gasteiger partial charge >= 0.3 is 0 Å². The third kappa shape index (κ3) is 2.50. The average molecular weight is 251 g/mol. The molecule has 2 heteroatoms. The van der Waals surface area contributed by atoms with E-state index < -0.39 is 0 Å². The Kier molecular flexibility index (Phi) is 3.89. The van der Waals surface area contributed by atoms with Crippen LogP contribution in [0.25, 0.3) is 0 Å². The largest absolute Gasteiger partial charge is 0.376 e. The van der Waals surface area contributed by atoms with Crippen LogP contribution in [0.5, 0.6) is 0 Å². The van der Waals surface area contributed by atoms with Crippen molar-refractivity contribution in [3.63, 3.8) is 0 Å². The second-order valence-electron chi connectivity index (χ2n) is 7.31. The molecule has 2 aliphatic rings. The van der Waals surface area contributed by atoms with Crippen LogP contribution in [-0.2, 0) is 4.74 Å². The van der Waals surface area contributed by atoms with Crippen LogP contribution >= 0.6 is 0 Å². The second-order valence-corrected chi connectivity index (χ2v) is 7.31. The van der Waals surface area contributed by atoms with Crippen molar-refractivity contribution >= 4 is 0 Å². The molecule has 2 fully saturated rings. The highest BCUT2D eigenvalue weighted by Crippen LogP contribution is 2.62. The first-order chi connectivity index (χ1) is 8.36. The molecule has 18 heavy (non-hydrogen) atoms. The van der Waals surface area contributed by atoms with Crippen molar-refractivity contribution in [3.8, 4) is 0 Å². The maximum absolute atomic E-state index is 5.57. The summed E-state index contributed by atoms with van der Waals surface area (Å²) in [6.07, 6.45) is 4.23. The summed E-state index contributed by atoms with van der Waals surface area (Å²) in [4.78, 5) is 0. The van der Waals surface area contributed by atoms with E-state index in [1.165, 1.54) is 19.3 Å². The molecule has 3 unspecified atom stereocenters. The Balaban J connectivity index is 1.80. The zero-order valence-corrected chi connectivity index (χ0v) is 12.5. The molecular weight excluding hydrogens is 222 g/mol. The Hall–Kier alpha value is -0.340. The van der Waals surface area contributed by atoms with Gasteiger partial charge in [-0.2, -0.15) is 0 Å². The molecule has 2 nitrogen and oxygen atoms in total. The molecule has 1 N–H and O–H groups in total. The van der Waals surface area contributed by atoms with Crippen LogP contribution < -0.4 is 5.32 Å². The molecule has 104 valence electrons. The lowest BCUT2D eigenvalue weighted by Gasteiger charge is -2.43. The number of fused-ring (bicyclic) bond motifs is 2. The molecule has 0 amide bonds.